The summed E-state index contributed by atoms with van der Waals surface area (Å²) >= 11 is 35.9. The molecule has 0 saturated carbocycles. The number of hydrogen-bond acceptors (Lipinski definition) is 1. The standard InChI is InChI=1S/C9H6ClS2.Cl6P/c10-9-6-8(11-12-9)7-4-2-1-3-5-7;1-7(2,3,4,5)6/h1-6H;/q+1;-1. The Morgan fingerprint density at radius 3 is 1.74 bits per heavy atom. The first-order valence-corrected chi connectivity index (χ1v) is 15.2. The molecule has 2 rings (SSSR count). The third-order valence-electron chi connectivity index (χ3n) is 1.51. The molecular weight excluding hydrogens is 451 g/mol. The van der Waals surface area contributed by atoms with Gasteiger partial charge in [-0.15, -0.1) is 0 Å². The van der Waals surface area contributed by atoms with Crippen molar-refractivity contribution in [2.45, 2.75) is 0 Å². The zero-order valence-electron chi connectivity index (χ0n) is 8.87. The molecule has 0 atom stereocenters. The summed E-state index contributed by atoms with van der Waals surface area (Å²) in [5.74, 6) is 0. The first-order chi connectivity index (χ1) is 8.31. The van der Waals surface area contributed by atoms with Crippen molar-refractivity contribution in [3.05, 3.63) is 40.7 Å². The molecule has 0 unspecified atom stereocenters. The summed E-state index contributed by atoms with van der Waals surface area (Å²) in [5.41, 5.74) is 1.24. The van der Waals surface area contributed by atoms with Crippen LogP contribution in [0.5, 0.6) is 0 Å². The second-order valence-corrected chi connectivity index (χ2v) is 31.1. The molecule has 0 amide bonds. The minimum atomic E-state index is -4.82. The number of hydrogen-bond donors (Lipinski definition) is 0. The van der Waals surface area contributed by atoms with E-state index in [4.69, 9.17) is 79.0 Å². The van der Waals surface area contributed by atoms with Crippen LogP contribution in [0, 0.1) is 0 Å². The molecule has 19 heavy (non-hydrogen) atoms. The normalized spacial score (nSPS) is 14.9. The van der Waals surface area contributed by atoms with Crippen LogP contribution in [0.25, 0.3) is 10.4 Å². The van der Waals surface area contributed by atoms with Crippen molar-refractivity contribution in [2.24, 2.45) is 0 Å². The topological polar surface area (TPSA) is 0 Å². The molecule has 1 aromatic heterocycles. The van der Waals surface area contributed by atoms with E-state index < -0.39 is 2.06 Å². The number of halogens is 7. The Balaban J connectivity index is 0.000000224. The largest absolute Gasteiger partial charge is 0.302 e. The molecule has 0 N–H and O–H groups in total. The Morgan fingerprint density at radius 1 is 0.895 bits per heavy atom. The van der Waals surface area contributed by atoms with Crippen molar-refractivity contribution >= 4 is 102 Å². The van der Waals surface area contributed by atoms with E-state index in [1.165, 1.54) is 10.4 Å². The van der Waals surface area contributed by atoms with Crippen LogP contribution in [0.15, 0.2) is 36.4 Å². The summed E-state index contributed by atoms with van der Waals surface area (Å²) < 4.78 is -3.96. The van der Waals surface area contributed by atoms with E-state index in [2.05, 4.69) is 12.1 Å². The maximum atomic E-state index is 5.84. The number of benzene rings is 1. The van der Waals surface area contributed by atoms with Crippen molar-refractivity contribution in [3.8, 4) is 10.4 Å². The van der Waals surface area contributed by atoms with Crippen molar-refractivity contribution in [2.75, 3.05) is 0 Å². The van der Waals surface area contributed by atoms with Gasteiger partial charge < -0.3 is 0 Å². The first-order valence-electron chi connectivity index (χ1n) is 4.52. The quantitative estimate of drug-likeness (QED) is 0.227. The average Bonchev–Trinajstić information content (AvgIpc) is 2.61. The fraction of sp³-hybridized carbons (Fsp3) is 0. The maximum Gasteiger partial charge on any atom is 0.302 e. The van der Waals surface area contributed by atoms with Gasteiger partial charge in [-0.25, -0.2) is 0 Å². The van der Waals surface area contributed by atoms with Crippen molar-refractivity contribution in [3.63, 3.8) is 0 Å². The van der Waals surface area contributed by atoms with E-state index in [9.17, 15) is 0 Å². The molecule has 0 aliphatic carbocycles. The van der Waals surface area contributed by atoms with Crippen LogP contribution in [0.3, 0.4) is 0 Å². The Labute approximate surface area is 151 Å². The van der Waals surface area contributed by atoms with Crippen molar-refractivity contribution < 1.29 is 0 Å². The second kappa shape index (κ2) is 6.08. The van der Waals surface area contributed by atoms with Gasteiger partial charge in [0.05, 0.1) is 0 Å². The minimum absolute atomic E-state index is 0.860. The predicted molar refractivity (Wildman–Crippen MR) is 99.1 cm³/mol. The summed E-state index contributed by atoms with van der Waals surface area (Å²) in [6.07, 6.45) is 0. The molecule has 0 fully saturated rings. The zero-order chi connectivity index (χ0) is 14.8. The van der Waals surface area contributed by atoms with Gasteiger partial charge in [-0.1, -0.05) is 29.8 Å². The van der Waals surface area contributed by atoms with Crippen LogP contribution in [0.4, 0.5) is 0 Å². The molecule has 0 aliphatic heterocycles. The minimum Gasteiger partial charge on any atom is -0.0670 e. The van der Waals surface area contributed by atoms with Gasteiger partial charge in [0, 0.05) is 11.6 Å². The van der Waals surface area contributed by atoms with Crippen molar-refractivity contribution in [1.82, 2.24) is 0 Å². The second-order valence-electron chi connectivity index (χ2n) is 3.30. The fourth-order valence-corrected chi connectivity index (χ4v) is 3.32. The van der Waals surface area contributed by atoms with E-state index in [1.807, 2.05) is 24.3 Å². The van der Waals surface area contributed by atoms with Crippen LogP contribution >= 0.6 is 102 Å². The Hall–Kier alpha value is 1.73. The molecule has 1 heterocycles. The molecule has 0 aliphatic rings. The first kappa shape index (κ1) is 18.8. The maximum absolute atomic E-state index is 5.84. The fourth-order valence-electron chi connectivity index (χ4n) is 0.970. The molecule has 2 aromatic rings. The summed E-state index contributed by atoms with van der Waals surface area (Å²) in [5, 5.41) is 0. The van der Waals surface area contributed by atoms with Crippen LogP contribution in [-0.4, -0.2) is 0 Å². The van der Waals surface area contributed by atoms with Crippen LogP contribution in [0.1, 0.15) is 0 Å². The molecule has 0 spiro atoms. The SMILES string of the molecule is Cl[P-](Cl)(Cl)(Cl)(Cl)Cl.Clc1cc(-c2ccccc2)[s+]s1. The smallest absolute Gasteiger partial charge is 0.0670 e. The Bertz CT molecular complexity index is 535. The Morgan fingerprint density at radius 2 is 1.37 bits per heavy atom. The average molecular weight is 457 g/mol. The van der Waals surface area contributed by atoms with Gasteiger partial charge in [-0.2, -0.15) is 0 Å². The molecule has 0 bridgehead atoms. The summed E-state index contributed by atoms with van der Waals surface area (Å²) in [6.45, 7) is 0. The van der Waals surface area contributed by atoms with E-state index in [0.29, 0.717) is 0 Å². The zero-order valence-corrected chi connectivity index (χ0v) is 16.7. The van der Waals surface area contributed by atoms with Crippen molar-refractivity contribution in [1.29, 1.82) is 0 Å². The molecule has 10 heteroatoms. The Kier molecular flexibility index (Phi) is 6.01. The third-order valence-corrected chi connectivity index (χ3v) is 4.35. The molecular formula is C9H6Cl7PS2. The summed E-state index contributed by atoms with van der Waals surface area (Å²) in [4.78, 5) is 1.24. The number of rotatable bonds is 1. The van der Waals surface area contributed by atoms with Gasteiger partial charge in [-0.3, -0.25) is 0 Å². The molecule has 0 nitrogen and oxygen atoms in total. The van der Waals surface area contributed by atoms with Crippen LogP contribution in [0.2, 0.25) is 4.34 Å². The summed E-state index contributed by atoms with van der Waals surface area (Å²) in [7, 11) is 3.32. The molecule has 0 radical (unpaired) electrons. The van der Waals surface area contributed by atoms with Gasteiger partial charge in [0.15, 0.2) is 14.7 Å². The predicted octanol–water partition coefficient (Wildman–Crippen LogP) is 9.41. The van der Waals surface area contributed by atoms with Gasteiger partial charge >= 0.3 is 79.8 Å². The molecule has 1 aromatic carbocycles. The molecule has 108 valence electrons. The molecule has 0 saturated heterocycles. The summed E-state index contributed by atoms with van der Waals surface area (Å²) in [6, 6.07) is 12.3. The van der Waals surface area contributed by atoms with Crippen LogP contribution < -0.4 is 0 Å². The monoisotopic (exact) mass is 454 g/mol. The van der Waals surface area contributed by atoms with Gasteiger partial charge in [-0.05, 0) is 12.1 Å². The van der Waals surface area contributed by atoms with Gasteiger partial charge in [0.1, 0.15) is 0 Å². The van der Waals surface area contributed by atoms with E-state index in [1.54, 1.807) is 20.7 Å². The van der Waals surface area contributed by atoms with Gasteiger partial charge in [0.25, 0.3) is 4.88 Å². The van der Waals surface area contributed by atoms with Crippen LogP contribution in [-0.2, 0) is 0 Å². The van der Waals surface area contributed by atoms with E-state index >= 15 is 0 Å². The van der Waals surface area contributed by atoms with E-state index in [0.717, 1.165) is 4.34 Å². The van der Waals surface area contributed by atoms with E-state index in [-0.39, 0.29) is 0 Å². The third kappa shape index (κ3) is 12.0. The van der Waals surface area contributed by atoms with Gasteiger partial charge in [0.2, 0.25) is 0 Å².